The minimum absolute atomic E-state index is 0.238. The van der Waals surface area contributed by atoms with Gasteiger partial charge in [-0.3, -0.25) is 0 Å². The van der Waals surface area contributed by atoms with E-state index in [0.29, 0.717) is 6.04 Å². The number of thioether (sulfide) groups is 1. The summed E-state index contributed by atoms with van der Waals surface area (Å²) >= 11 is 2.07. The van der Waals surface area contributed by atoms with Crippen molar-refractivity contribution in [3.05, 3.63) is 0 Å². The van der Waals surface area contributed by atoms with Gasteiger partial charge in [0.1, 0.15) is 0 Å². The lowest BCUT2D eigenvalue weighted by Gasteiger charge is -2.38. The van der Waals surface area contributed by atoms with E-state index in [1.807, 2.05) is 0 Å². The van der Waals surface area contributed by atoms with Crippen LogP contribution in [0.15, 0.2) is 0 Å². The zero-order chi connectivity index (χ0) is 13.4. The standard InChI is InChI=1S/C16H31NOS/c1-2-3-4-5-6-7-10-17-15-8-11-18-16(13-15)9-12-19-14-16/h15,17H,2-14H2,1H3. The highest BCUT2D eigenvalue weighted by Crippen LogP contribution is 2.38. The van der Waals surface area contributed by atoms with Gasteiger partial charge in [-0.25, -0.2) is 0 Å². The van der Waals surface area contributed by atoms with E-state index in [0.717, 1.165) is 6.61 Å². The molecule has 19 heavy (non-hydrogen) atoms. The van der Waals surface area contributed by atoms with Crippen LogP contribution in [0.2, 0.25) is 0 Å². The molecule has 2 fully saturated rings. The first kappa shape index (κ1) is 15.7. The smallest absolute Gasteiger partial charge is 0.0795 e. The minimum Gasteiger partial charge on any atom is -0.374 e. The van der Waals surface area contributed by atoms with Crippen LogP contribution in [0.5, 0.6) is 0 Å². The van der Waals surface area contributed by atoms with Gasteiger partial charge in [0, 0.05) is 18.4 Å². The third-order valence-electron chi connectivity index (χ3n) is 4.52. The number of ether oxygens (including phenoxy) is 1. The molecule has 2 heterocycles. The van der Waals surface area contributed by atoms with E-state index in [2.05, 4.69) is 24.0 Å². The van der Waals surface area contributed by atoms with Crippen LogP contribution in [0.4, 0.5) is 0 Å². The highest BCUT2D eigenvalue weighted by Gasteiger charge is 2.40. The maximum atomic E-state index is 6.07. The first-order chi connectivity index (χ1) is 9.35. The van der Waals surface area contributed by atoms with E-state index in [1.54, 1.807) is 0 Å². The summed E-state index contributed by atoms with van der Waals surface area (Å²) in [6, 6.07) is 0.711. The molecule has 2 nitrogen and oxygen atoms in total. The quantitative estimate of drug-likeness (QED) is 0.681. The topological polar surface area (TPSA) is 21.3 Å². The van der Waals surface area contributed by atoms with Gasteiger partial charge in [-0.05, 0) is 38.0 Å². The Balaban J connectivity index is 1.53. The van der Waals surface area contributed by atoms with E-state index >= 15 is 0 Å². The molecular formula is C16H31NOS. The summed E-state index contributed by atoms with van der Waals surface area (Å²) in [5.74, 6) is 2.52. The molecule has 0 amide bonds. The van der Waals surface area contributed by atoms with Crippen LogP contribution in [0.1, 0.15) is 64.7 Å². The molecule has 0 bridgehead atoms. The van der Waals surface area contributed by atoms with Crippen LogP contribution in [0, 0.1) is 0 Å². The molecule has 2 aliphatic rings. The van der Waals surface area contributed by atoms with Crippen LogP contribution in [0.25, 0.3) is 0 Å². The lowest BCUT2D eigenvalue weighted by molar-refractivity contribution is -0.0700. The van der Waals surface area contributed by atoms with E-state index in [1.165, 1.54) is 75.8 Å². The molecule has 112 valence electrons. The van der Waals surface area contributed by atoms with Crippen molar-refractivity contribution in [2.24, 2.45) is 0 Å². The second-order valence-electron chi connectivity index (χ2n) is 6.25. The van der Waals surface area contributed by atoms with Gasteiger partial charge in [-0.15, -0.1) is 0 Å². The average molecular weight is 285 g/mol. The van der Waals surface area contributed by atoms with Crippen molar-refractivity contribution in [2.75, 3.05) is 24.7 Å². The SMILES string of the molecule is CCCCCCCCNC1CCOC2(CCSC2)C1. The lowest BCUT2D eigenvalue weighted by Crippen LogP contribution is -2.47. The summed E-state index contributed by atoms with van der Waals surface area (Å²) in [6.45, 7) is 4.46. The molecule has 0 aromatic heterocycles. The Morgan fingerprint density at radius 2 is 2.05 bits per heavy atom. The van der Waals surface area contributed by atoms with Gasteiger partial charge >= 0.3 is 0 Å². The molecule has 0 saturated carbocycles. The average Bonchev–Trinajstić information content (AvgIpc) is 2.86. The highest BCUT2D eigenvalue weighted by molar-refractivity contribution is 7.99. The maximum absolute atomic E-state index is 6.07. The fourth-order valence-electron chi connectivity index (χ4n) is 3.28. The van der Waals surface area contributed by atoms with Crippen molar-refractivity contribution in [3.63, 3.8) is 0 Å². The number of hydrogen-bond acceptors (Lipinski definition) is 3. The second kappa shape index (κ2) is 8.53. The summed E-state index contributed by atoms with van der Waals surface area (Å²) in [5.41, 5.74) is 0.238. The van der Waals surface area contributed by atoms with Gasteiger partial charge in [0.2, 0.25) is 0 Å². The molecule has 1 spiro atoms. The van der Waals surface area contributed by atoms with E-state index in [9.17, 15) is 0 Å². The van der Waals surface area contributed by atoms with Crippen molar-refractivity contribution in [2.45, 2.75) is 76.4 Å². The highest BCUT2D eigenvalue weighted by atomic mass is 32.2. The van der Waals surface area contributed by atoms with Gasteiger partial charge in [0.25, 0.3) is 0 Å². The summed E-state index contributed by atoms with van der Waals surface area (Å²) in [6.07, 6.45) is 12.1. The van der Waals surface area contributed by atoms with E-state index in [-0.39, 0.29) is 5.60 Å². The van der Waals surface area contributed by atoms with Gasteiger partial charge < -0.3 is 10.1 Å². The van der Waals surface area contributed by atoms with Crippen molar-refractivity contribution in [1.29, 1.82) is 0 Å². The molecule has 1 N–H and O–H groups in total. The van der Waals surface area contributed by atoms with Crippen LogP contribution >= 0.6 is 11.8 Å². The van der Waals surface area contributed by atoms with Gasteiger partial charge in [0.15, 0.2) is 0 Å². The molecule has 2 saturated heterocycles. The summed E-state index contributed by atoms with van der Waals surface area (Å²) in [7, 11) is 0. The molecule has 2 rings (SSSR count). The minimum atomic E-state index is 0.238. The third kappa shape index (κ3) is 5.28. The first-order valence-electron chi connectivity index (χ1n) is 8.30. The van der Waals surface area contributed by atoms with Crippen molar-refractivity contribution >= 4 is 11.8 Å². The van der Waals surface area contributed by atoms with Crippen molar-refractivity contribution < 1.29 is 4.74 Å². The molecule has 0 aliphatic carbocycles. The number of nitrogens with one attached hydrogen (secondary N) is 1. The third-order valence-corrected chi connectivity index (χ3v) is 5.75. The zero-order valence-electron chi connectivity index (χ0n) is 12.6. The number of rotatable bonds is 8. The van der Waals surface area contributed by atoms with Crippen molar-refractivity contribution in [3.8, 4) is 0 Å². The first-order valence-corrected chi connectivity index (χ1v) is 9.45. The van der Waals surface area contributed by atoms with Crippen LogP contribution in [0.3, 0.4) is 0 Å². The fraction of sp³-hybridized carbons (Fsp3) is 1.00. The second-order valence-corrected chi connectivity index (χ2v) is 7.35. The lowest BCUT2D eigenvalue weighted by atomic mass is 9.90. The van der Waals surface area contributed by atoms with Crippen molar-refractivity contribution in [1.82, 2.24) is 5.32 Å². The molecule has 3 heteroatoms. The van der Waals surface area contributed by atoms with Crippen LogP contribution in [-0.2, 0) is 4.74 Å². The molecule has 2 aliphatic heterocycles. The van der Waals surface area contributed by atoms with E-state index in [4.69, 9.17) is 4.74 Å². The molecule has 0 aromatic rings. The maximum Gasteiger partial charge on any atom is 0.0795 e. The Morgan fingerprint density at radius 1 is 1.21 bits per heavy atom. The Bertz CT molecular complexity index is 241. The summed E-state index contributed by atoms with van der Waals surface area (Å²) in [5, 5.41) is 3.77. The zero-order valence-corrected chi connectivity index (χ0v) is 13.4. The molecule has 0 radical (unpaired) electrons. The number of unbranched alkanes of at least 4 members (excludes halogenated alkanes) is 5. The molecular weight excluding hydrogens is 254 g/mol. The summed E-state index contributed by atoms with van der Waals surface area (Å²) in [4.78, 5) is 0. The Kier molecular flexibility index (Phi) is 7.03. The predicted octanol–water partition coefficient (Wildman–Crippen LogP) is 3.99. The normalized spacial score (nSPS) is 31.1. The van der Waals surface area contributed by atoms with E-state index < -0.39 is 0 Å². The molecule has 2 unspecified atom stereocenters. The molecule has 0 aromatic carbocycles. The van der Waals surface area contributed by atoms with Gasteiger partial charge in [-0.2, -0.15) is 11.8 Å². The Morgan fingerprint density at radius 3 is 2.84 bits per heavy atom. The number of hydrogen-bond donors (Lipinski definition) is 1. The fourth-order valence-corrected chi connectivity index (χ4v) is 4.66. The van der Waals surface area contributed by atoms with Gasteiger partial charge in [-0.1, -0.05) is 39.0 Å². The monoisotopic (exact) mass is 285 g/mol. The largest absolute Gasteiger partial charge is 0.374 e. The predicted molar refractivity (Wildman–Crippen MR) is 85.0 cm³/mol. The van der Waals surface area contributed by atoms with Crippen LogP contribution < -0.4 is 5.32 Å². The molecule has 2 atom stereocenters. The Hall–Kier alpha value is 0.270. The Labute approximate surface area is 123 Å². The van der Waals surface area contributed by atoms with Crippen LogP contribution in [-0.4, -0.2) is 36.3 Å². The summed E-state index contributed by atoms with van der Waals surface area (Å²) < 4.78 is 6.07. The van der Waals surface area contributed by atoms with Gasteiger partial charge in [0.05, 0.1) is 5.60 Å².